The molecule has 2 heteroatoms. The van der Waals surface area contributed by atoms with E-state index in [0.717, 1.165) is 18.5 Å². The van der Waals surface area contributed by atoms with Gasteiger partial charge in [-0.25, -0.2) is 0 Å². The highest BCUT2D eigenvalue weighted by Gasteiger charge is 2.24. The van der Waals surface area contributed by atoms with Crippen molar-refractivity contribution in [3.63, 3.8) is 0 Å². The summed E-state index contributed by atoms with van der Waals surface area (Å²) in [5.41, 5.74) is 3.35. The van der Waals surface area contributed by atoms with Crippen LogP contribution in [0.1, 0.15) is 30.5 Å². The zero-order valence-electron chi connectivity index (χ0n) is 12.3. The third-order valence-electron chi connectivity index (χ3n) is 3.90. The van der Waals surface area contributed by atoms with Crippen LogP contribution in [0, 0.1) is 0 Å². The summed E-state index contributed by atoms with van der Waals surface area (Å²) in [4.78, 5) is 0. The van der Waals surface area contributed by atoms with E-state index in [0.29, 0.717) is 0 Å². The lowest BCUT2D eigenvalue weighted by Crippen LogP contribution is -2.42. The minimum Gasteiger partial charge on any atom is -0.394 e. The van der Waals surface area contributed by atoms with Crippen LogP contribution in [0.3, 0.4) is 0 Å². The SMILES string of the molecule is CCc1ccccc1CNC(C)(CO)c1ccccc1. The molecular weight excluding hydrogens is 246 g/mol. The first-order valence-electron chi connectivity index (χ1n) is 7.18. The Morgan fingerprint density at radius 1 is 0.950 bits per heavy atom. The lowest BCUT2D eigenvalue weighted by Gasteiger charge is -2.30. The van der Waals surface area contributed by atoms with Crippen LogP contribution in [0.2, 0.25) is 0 Å². The summed E-state index contributed by atoms with van der Waals surface area (Å²) in [6.07, 6.45) is 1.03. The van der Waals surface area contributed by atoms with Crippen molar-refractivity contribution < 1.29 is 5.11 Å². The fourth-order valence-electron chi connectivity index (χ4n) is 2.42. The molecule has 0 aliphatic heterocycles. The van der Waals surface area contributed by atoms with Gasteiger partial charge in [-0.05, 0) is 30.0 Å². The predicted octanol–water partition coefficient (Wildman–Crippen LogP) is 3.25. The molecule has 2 nitrogen and oxygen atoms in total. The third kappa shape index (κ3) is 3.27. The minimum atomic E-state index is -0.415. The molecule has 0 aliphatic carbocycles. The highest BCUT2D eigenvalue weighted by atomic mass is 16.3. The van der Waals surface area contributed by atoms with Crippen LogP contribution in [-0.2, 0) is 18.5 Å². The number of aliphatic hydroxyl groups is 1. The van der Waals surface area contributed by atoms with Crippen molar-refractivity contribution in [1.82, 2.24) is 5.32 Å². The van der Waals surface area contributed by atoms with Gasteiger partial charge in [0.1, 0.15) is 0 Å². The molecule has 0 fully saturated rings. The maximum absolute atomic E-state index is 9.78. The van der Waals surface area contributed by atoms with Crippen LogP contribution in [-0.4, -0.2) is 11.7 Å². The summed E-state index contributed by atoms with van der Waals surface area (Å²) in [6.45, 7) is 5.04. The standard InChI is InChI=1S/C18H23NO/c1-3-15-9-7-8-10-16(15)13-19-18(2,14-20)17-11-5-4-6-12-17/h4-12,19-20H,3,13-14H2,1-2H3. The van der Waals surface area contributed by atoms with Gasteiger partial charge in [-0.15, -0.1) is 0 Å². The van der Waals surface area contributed by atoms with Gasteiger partial charge in [0.2, 0.25) is 0 Å². The lowest BCUT2D eigenvalue weighted by molar-refractivity contribution is 0.173. The van der Waals surface area contributed by atoms with Crippen molar-refractivity contribution in [3.05, 3.63) is 71.3 Å². The molecule has 1 atom stereocenters. The van der Waals surface area contributed by atoms with Crippen LogP contribution >= 0.6 is 0 Å². The number of aryl methyl sites for hydroxylation is 1. The van der Waals surface area contributed by atoms with E-state index in [1.165, 1.54) is 11.1 Å². The Morgan fingerprint density at radius 2 is 1.55 bits per heavy atom. The average molecular weight is 269 g/mol. The Kier molecular flexibility index (Phi) is 4.94. The first-order valence-corrected chi connectivity index (χ1v) is 7.18. The number of aliphatic hydroxyl groups excluding tert-OH is 1. The molecule has 0 saturated carbocycles. The van der Waals surface area contributed by atoms with Crippen molar-refractivity contribution in [1.29, 1.82) is 0 Å². The molecule has 0 bridgehead atoms. The highest BCUT2D eigenvalue weighted by molar-refractivity contribution is 5.28. The summed E-state index contributed by atoms with van der Waals surface area (Å²) in [6, 6.07) is 18.6. The molecule has 1 unspecified atom stereocenters. The highest BCUT2D eigenvalue weighted by Crippen LogP contribution is 2.21. The van der Waals surface area contributed by atoms with E-state index in [1.54, 1.807) is 0 Å². The molecule has 0 radical (unpaired) electrons. The molecule has 0 amide bonds. The van der Waals surface area contributed by atoms with E-state index >= 15 is 0 Å². The van der Waals surface area contributed by atoms with Crippen LogP contribution in [0.15, 0.2) is 54.6 Å². The molecule has 0 heterocycles. The molecule has 2 rings (SSSR count). The van der Waals surface area contributed by atoms with E-state index < -0.39 is 5.54 Å². The smallest absolute Gasteiger partial charge is 0.0652 e. The van der Waals surface area contributed by atoms with Crippen LogP contribution in [0.25, 0.3) is 0 Å². The summed E-state index contributed by atoms with van der Waals surface area (Å²) >= 11 is 0. The van der Waals surface area contributed by atoms with Gasteiger partial charge in [-0.2, -0.15) is 0 Å². The quantitative estimate of drug-likeness (QED) is 0.843. The van der Waals surface area contributed by atoms with Crippen molar-refractivity contribution in [2.75, 3.05) is 6.61 Å². The number of hydrogen-bond donors (Lipinski definition) is 2. The Bertz CT molecular complexity index is 538. The first-order chi connectivity index (χ1) is 9.69. The van der Waals surface area contributed by atoms with Gasteiger partial charge in [0.15, 0.2) is 0 Å². The summed E-state index contributed by atoms with van der Waals surface area (Å²) in [5, 5.41) is 13.3. The maximum Gasteiger partial charge on any atom is 0.0652 e. The molecule has 106 valence electrons. The number of hydrogen-bond acceptors (Lipinski definition) is 2. The molecular formula is C18H23NO. The molecule has 2 aromatic carbocycles. The van der Waals surface area contributed by atoms with E-state index in [4.69, 9.17) is 0 Å². The Labute approximate surface area is 121 Å². The van der Waals surface area contributed by atoms with Gasteiger partial charge in [0, 0.05) is 6.54 Å². The fraction of sp³-hybridized carbons (Fsp3) is 0.333. The monoisotopic (exact) mass is 269 g/mol. The Morgan fingerprint density at radius 3 is 2.15 bits per heavy atom. The predicted molar refractivity (Wildman–Crippen MR) is 83.5 cm³/mol. The van der Waals surface area contributed by atoms with Gasteiger partial charge >= 0.3 is 0 Å². The van der Waals surface area contributed by atoms with Crippen LogP contribution in [0.5, 0.6) is 0 Å². The third-order valence-corrected chi connectivity index (χ3v) is 3.90. The molecule has 0 aliphatic rings. The minimum absolute atomic E-state index is 0.0747. The van der Waals surface area contributed by atoms with Crippen LogP contribution in [0.4, 0.5) is 0 Å². The topological polar surface area (TPSA) is 32.3 Å². The van der Waals surface area contributed by atoms with E-state index in [1.807, 2.05) is 25.1 Å². The maximum atomic E-state index is 9.78. The van der Waals surface area contributed by atoms with Crippen molar-refractivity contribution in [2.24, 2.45) is 0 Å². The van der Waals surface area contributed by atoms with E-state index in [-0.39, 0.29) is 6.61 Å². The van der Waals surface area contributed by atoms with Gasteiger partial charge in [-0.1, -0.05) is 61.5 Å². The molecule has 0 aromatic heterocycles. The molecule has 2 aromatic rings. The Hall–Kier alpha value is -1.64. The summed E-state index contributed by atoms with van der Waals surface area (Å²) < 4.78 is 0. The molecule has 2 N–H and O–H groups in total. The average Bonchev–Trinajstić information content (AvgIpc) is 2.53. The number of rotatable bonds is 6. The van der Waals surface area contributed by atoms with Gasteiger partial charge < -0.3 is 10.4 Å². The largest absolute Gasteiger partial charge is 0.394 e. The van der Waals surface area contributed by atoms with E-state index in [9.17, 15) is 5.11 Å². The second kappa shape index (κ2) is 6.69. The second-order valence-corrected chi connectivity index (χ2v) is 5.33. The number of benzene rings is 2. The van der Waals surface area contributed by atoms with Gasteiger partial charge in [-0.3, -0.25) is 0 Å². The zero-order valence-corrected chi connectivity index (χ0v) is 12.3. The van der Waals surface area contributed by atoms with E-state index in [2.05, 4.69) is 48.6 Å². The van der Waals surface area contributed by atoms with Crippen LogP contribution < -0.4 is 5.32 Å². The second-order valence-electron chi connectivity index (χ2n) is 5.33. The molecule has 0 spiro atoms. The molecule has 0 saturated heterocycles. The van der Waals surface area contributed by atoms with Crippen molar-refractivity contribution in [2.45, 2.75) is 32.4 Å². The number of nitrogens with one attached hydrogen (secondary N) is 1. The lowest BCUT2D eigenvalue weighted by atomic mass is 9.92. The summed E-state index contributed by atoms with van der Waals surface area (Å²) in [7, 11) is 0. The fourth-order valence-corrected chi connectivity index (χ4v) is 2.42. The van der Waals surface area contributed by atoms with Crippen molar-refractivity contribution in [3.8, 4) is 0 Å². The first kappa shape index (κ1) is 14.8. The Balaban J connectivity index is 2.15. The summed E-state index contributed by atoms with van der Waals surface area (Å²) in [5.74, 6) is 0. The van der Waals surface area contributed by atoms with Gasteiger partial charge in [0.25, 0.3) is 0 Å². The normalized spacial score (nSPS) is 13.9. The zero-order chi connectivity index (χ0) is 14.4. The molecule has 20 heavy (non-hydrogen) atoms. The van der Waals surface area contributed by atoms with Crippen molar-refractivity contribution >= 4 is 0 Å². The van der Waals surface area contributed by atoms with Gasteiger partial charge in [0.05, 0.1) is 12.1 Å².